The SMILES string of the molecule is c1ccc(-c2nc(-c3ccccc3)nc(-c3cccc(-n4c5cc(-n6c7ccccc7c7ccccc76)ccc5c5cc6ccccc6cc54)c3)n2)cc1. The predicted molar refractivity (Wildman–Crippen MR) is 222 cm³/mol. The van der Waals surface area contributed by atoms with Crippen LogP contribution in [-0.4, -0.2) is 24.1 Å². The molecule has 5 heteroatoms. The standard InChI is InChI=1S/C49H31N5/c1-3-14-32(15-4-1)47-50-48(33-16-5-2-6-17-33)52-49(51-47)36-20-13-21-37(28-36)54-45-30-35-19-8-7-18-34(35)29-42(45)41-27-26-38(31-46(41)54)53-43-24-11-9-22-39(43)40-23-10-12-25-44(40)53/h1-31H. The van der Waals surface area contributed by atoms with Gasteiger partial charge in [-0.2, -0.15) is 0 Å². The van der Waals surface area contributed by atoms with Gasteiger partial charge in [-0.1, -0.05) is 140 Å². The third-order valence-corrected chi connectivity index (χ3v) is 10.5. The Morgan fingerprint density at radius 3 is 1.39 bits per heavy atom. The third-order valence-electron chi connectivity index (χ3n) is 10.5. The zero-order valence-corrected chi connectivity index (χ0v) is 29.1. The van der Waals surface area contributed by atoms with Crippen molar-refractivity contribution in [3.63, 3.8) is 0 Å². The summed E-state index contributed by atoms with van der Waals surface area (Å²) in [6.07, 6.45) is 0. The lowest BCUT2D eigenvalue weighted by Crippen LogP contribution is -2.01. The molecule has 3 heterocycles. The summed E-state index contributed by atoms with van der Waals surface area (Å²) >= 11 is 0. The Balaban J connectivity index is 1.16. The molecule has 0 saturated carbocycles. The zero-order valence-electron chi connectivity index (χ0n) is 29.1. The van der Waals surface area contributed by atoms with E-state index in [1.807, 2.05) is 60.7 Å². The maximum absolute atomic E-state index is 5.06. The third kappa shape index (κ3) is 4.83. The van der Waals surface area contributed by atoms with E-state index in [-0.39, 0.29) is 0 Å². The van der Waals surface area contributed by atoms with Crippen LogP contribution < -0.4 is 0 Å². The van der Waals surface area contributed by atoms with Crippen LogP contribution in [0.15, 0.2) is 188 Å². The predicted octanol–water partition coefficient (Wildman–Crippen LogP) is 12.2. The van der Waals surface area contributed by atoms with Crippen LogP contribution in [0.2, 0.25) is 0 Å². The van der Waals surface area contributed by atoms with Crippen LogP contribution in [0.25, 0.3) is 99.9 Å². The second-order valence-electron chi connectivity index (χ2n) is 13.7. The zero-order chi connectivity index (χ0) is 35.6. The molecule has 0 spiro atoms. The largest absolute Gasteiger partial charge is 0.309 e. The maximum Gasteiger partial charge on any atom is 0.164 e. The number of hydrogen-bond acceptors (Lipinski definition) is 3. The lowest BCUT2D eigenvalue weighted by Gasteiger charge is -2.13. The van der Waals surface area contributed by atoms with E-state index < -0.39 is 0 Å². The molecule has 8 aromatic carbocycles. The molecule has 3 aromatic heterocycles. The van der Waals surface area contributed by atoms with Crippen molar-refractivity contribution < 1.29 is 0 Å². The lowest BCUT2D eigenvalue weighted by atomic mass is 10.1. The Labute approximate surface area is 311 Å². The fourth-order valence-electron chi connectivity index (χ4n) is 8.03. The highest BCUT2D eigenvalue weighted by molar-refractivity contribution is 6.15. The van der Waals surface area contributed by atoms with Gasteiger partial charge in [-0.3, -0.25) is 0 Å². The number of para-hydroxylation sites is 2. The number of aromatic nitrogens is 5. The average Bonchev–Trinajstić information content (AvgIpc) is 3.75. The molecule has 0 N–H and O–H groups in total. The summed E-state index contributed by atoms with van der Waals surface area (Å²) in [7, 11) is 0. The fourth-order valence-corrected chi connectivity index (χ4v) is 8.03. The van der Waals surface area contributed by atoms with Crippen LogP contribution in [0, 0.1) is 0 Å². The first-order valence-electron chi connectivity index (χ1n) is 18.2. The van der Waals surface area contributed by atoms with E-state index in [9.17, 15) is 0 Å². The van der Waals surface area contributed by atoms with Crippen molar-refractivity contribution in [2.24, 2.45) is 0 Å². The Kier molecular flexibility index (Phi) is 6.79. The molecule has 0 fully saturated rings. The van der Waals surface area contributed by atoms with E-state index in [1.165, 1.54) is 43.4 Å². The van der Waals surface area contributed by atoms with Crippen molar-refractivity contribution in [1.82, 2.24) is 24.1 Å². The summed E-state index contributed by atoms with van der Waals surface area (Å²) in [6.45, 7) is 0. The van der Waals surface area contributed by atoms with Gasteiger partial charge < -0.3 is 9.13 Å². The number of fused-ring (bicyclic) bond motifs is 7. The molecule has 54 heavy (non-hydrogen) atoms. The minimum Gasteiger partial charge on any atom is -0.309 e. The van der Waals surface area contributed by atoms with Crippen LogP contribution in [-0.2, 0) is 0 Å². The first-order valence-corrected chi connectivity index (χ1v) is 18.2. The Morgan fingerprint density at radius 2 is 0.741 bits per heavy atom. The first kappa shape index (κ1) is 30.3. The second-order valence-corrected chi connectivity index (χ2v) is 13.7. The molecule has 0 unspecified atom stereocenters. The minimum atomic E-state index is 0.627. The van der Waals surface area contributed by atoms with Crippen LogP contribution in [0.4, 0.5) is 0 Å². The van der Waals surface area contributed by atoms with Gasteiger partial charge in [0.25, 0.3) is 0 Å². The van der Waals surface area contributed by atoms with Gasteiger partial charge in [0.15, 0.2) is 17.5 Å². The van der Waals surface area contributed by atoms with Gasteiger partial charge in [0.05, 0.1) is 22.1 Å². The van der Waals surface area contributed by atoms with E-state index in [0.717, 1.165) is 39.1 Å². The van der Waals surface area contributed by atoms with Crippen LogP contribution in [0.5, 0.6) is 0 Å². The van der Waals surface area contributed by atoms with Gasteiger partial charge >= 0.3 is 0 Å². The fraction of sp³-hybridized carbons (Fsp3) is 0. The van der Waals surface area contributed by atoms with Gasteiger partial charge in [0.2, 0.25) is 0 Å². The van der Waals surface area contributed by atoms with Crippen molar-refractivity contribution in [2.75, 3.05) is 0 Å². The number of rotatable bonds is 5. The van der Waals surface area contributed by atoms with Crippen molar-refractivity contribution in [1.29, 1.82) is 0 Å². The Bertz CT molecular complexity index is 3100. The molecule has 0 aliphatic carbocycles. The van der Waals surface area contributed by atoms with E-state index in [1.54, 1.807) is 0 Å². The van der Waals surface area contributed by atoms with Crippen molar-refractivity contribution in [2.45, 2.75) is 0 Å². The van der Waals surface area contributed by atoms with Gasteiger partial charge in [-0.05, 0) is 59.3 Å². The average molecular weight is 690 g/mol. The first-order chi connectivity index (χ1) is 26.8. The molecule has 0 saturated heterocycles. The van der Waals surface area contributed by atoms with E-state index in [2.05, 4.69) is 137 Å². The Morgan fingerprint density at radius 1 is 0.278 bits per heavy atom. The van der Waals surface area contributed by atoms with Gasteiger partial charge in [0, 0.05) is 49.6 Å². The topological polar surface area (TPSA) is 48.5 Å². The summed E-state index contributed by atoms with van der Waals surface area (Å²) < 4.78 is 4.79. The number of nitrogens with zero attached hydrogens (tertiary/aromatic N) is 5. The van der Waals surface area contributed by atoms with E-state index in [4.69, 9.17) is 15.0 Å². The summed E-state index contributed by atoms with van der Waals surface area (Å²) in [5, 5.41) is 7.32. The summed E-state index contributed by atoms with van der Waals surface area (Å²) in [5.74, 6) is 1.91. The number of benzene rings is 8. The van der Waals surface area contributed by atoms with E-state index in [0.29, 0.717) is 17.5 Å². The normalized spacial score (nSPS) is 11.7. The molecular weight excluding hydrogens is 659 g/mol. The lowest BCUT2D eigenvalue weighted by molar-refractivity contribution is 1.07. The minimum absolute atomic E-state index is 0.627. The molecular formula is C49H31N5. The van der Waals surface area contributed by atoms with Crippen molar-refractivity contribution >= 4 is 54.4 Å². The highest BCUT2D eigenvalue weighted by atomic mass is 15.0. The number of hydrogen-bond donors (Lipinski definition) is 0. The smallest absolute Gasteiger partial charge is 0.164 e. The highest BCUT2D eigenvalue weighted by Gasteiger charge is 2.19. The Hall–Kier alpha value is -7.37. The van der Waals surface area contributed by atoms with Crippen LogP contribution in [0.3, 0.4) is 0 Å². The molecule has 11 rings (SSSR count). The van der Waals surface area contributed by atoms with Gasteiger partial charge in [0.1, 0.15) is 0 Å². The molecule has 0 bridgehead atoms. The molecule has 0 aliphatic heterocycles. The maximum atomic E-state index is 5.06. The van der Waals surface area contributed by atoms with Crippen LogP contribution >= 0.6 is 0 Å². The highest BCUT2D eigenvalue weighted by Crippen LogP contribution is 2.39. The van der Waals surface area contributed by atoms with Gasteiger partial charge in [-0.25, -0.2) is 15.0 Å². The monoisotopic (exact) mass is 689 g/mol. The molecule has 0 radical (unpaired) electrons. The summed E-state index contributed by atoms with van der Waals surface area (Å²) in [6, 6.07) is 66.3. The molecule has 252 valence electrons. The van der Waals surface area contributed by atoms with Crippen molar-refractivity contribution in [3.8, 4) is 45.5 Å². The van der Waals surface area contributed by atoms with Crippen molar-refractivity contribution in [3.05, 3.63) is 188 Å². The molecule has 0 amide bonds. The molecule has 0 atom stereocenters. The quantitative estimate of drug-likeness (QED) is 0.181. The second kappa shape index (κ2) is 12.1. The summed E-state index contributed by atoms with van der Waals surface area (Å²) in [4.78, 5) is 15.0. The molecule has 0 aliphatic rings. The van der Waals surface area contributed by atoms with Gasteiger partial charge in [-0.15, -0.1) is 0 Å². The van der Waals surface area contributed by atoms with E-state index >= 15 is 0 Å². The molecule has 5 nitrogen and oxygen atoms in total. The van der Waals surface area contributed by atoms with Crippen LogP contribution in [0.1, 0.15) is 0 Å². The molecule has 11 aromatic rings. The summed E-state index contributed by atoms with van der Waals surface area (Å²) in [5.41, 5.74) is 9.60.